The average Bonchev–Trinajstić information content (AvgIpc) is 1.93. The van der Waals surface area contributed by atoms with Crippen LogP contribution in [0.4, 0.5) is 5.69 Å². The van der Waals surface area contributed by atoms with E-state index in [1.807, 2.05) is 13.1 Å². The van der Waals surface area contributed by atoms with Crippen LogP contribution in [0.2, 0.25) is 0 Å². The maximum atomic E-state index is 4.26. The zero-order chi connectivity index (χ0) is 10.1. The highest BCUT2D eigenvalue weighted by atomic mass is 15.0. The fraction of sp³-hybridized carbons (Fsp3) is 0.545. The van der Waals surface area contributed by atoms with Crippen molar-refractivity contribution in [3.63, 3.8) is 0 Å². The van der Waals surface area contributed by atoms with E-state index < -0.39 is 0 Å². The van der Waals surface area contributed by atoms with Crippen LogP contribution < -0.4 is 5.32 Å². The van der Waals surface area contributed by atoms with Crippen molar-refractivity contribution in [1.29, 1.82) is 0 Å². The van der Waals surface area contributed by atoms with Crippen LogP contribution in [0.5, 0.6) is 0 Å². The Bertz CT molecular complexity index is 297. The molecule has 1 aromatic heterocycles. The number of nitrogens with zero attached hydrogens (tertiary/aromatic N) is 1. The van der Waals surface area contributed by atoms with E-state index in [0.29, 0.717) is 0 Å². The molecule has 2 heteroatoms. The lowest BCUT2D eigenvalue weighted by Crippen LogP contribution is -2.26. The van der Waals surface area contributed by atoms with Gasteiger partial charge in [-0.05, 0) is 46.2 Å². The topological polar surface area (TPSA) is 24.9 Å². The van der Waals surface area contributed by atoms with E-state index in [0.717, 1.165) is 11.4 Å². The van der Waals surface area contributed by atoms with Gasteiger partial charge in [-0.25, -0.2) is 0 Å². The van der Waals surface area contributed by atoms with E-state index >= 15 is 0 Å². The maximum Gasteiger partial charge on any atom is 0.0560 e. The molecule has 0 aliphatic rings. The Balaban J connectivity index is 2.90. The van der Waals surface area contributed by atoms with Crippen LogP contribution in [0.3, 0.4) is 0 Å². The minimum Gasteiger partial charge on any atom is -0.379 e. The summed E-state index contributed by atoms with van der Waals surface area (Å²) in [5.41, 5.74) is 3.54. The molecule has 0 saturated carbocycles. The van der Waals surface area contributed by atoms with Gasteiger partial charge in [0.1, 0.15) is 0 Å². The van der Waals surface area contributed by atoms with Gasteiger partial charge in [-0.1, -0.05) is 0 Å². The van der Waals surface area contributed by atoms with Gasteiger partial charge in [0.15, 0.2) is 0 Å². The molecule has 0 atom stereocenters. The molecule has 0 amide bonds. The van der Waals surface area contributed by atoms with Crippen molar-refractivity contribution < 1.29 is 0 Å². The van der Waals surface area contributed by atoms with Crippen LogP contribution in [-0.2, 0) is 0 Å². The zero-order valence-electron chi connectivity index (χ0n) is 9.10. The summed E-state index contributed by atoms with van der Waals surface area (Å²) in [5.74, 6) is 0. The number of nitrogens with one attached hydrogen (secondary N) is 1. The predicted molar refractivity (Wildman–Crippen MR) is 57.1 cm³/mol. The Labute approximate surface area is 80.4 Å². The summed E-state index contributed by atoms with van der Waals surface area (Å²) in [6.07, 6.45) is 1.90. The van der Waals surface area contributed by atoms with Crippen molar-refractivity contribution in [2.75, 3.05) is 5.32 Å². The number of rotatable bonds is 1. The van der Waals surface area contributed by atoms with Gasteiger partial charge in [-0.15, -0.1) is 0 Å². The summed E-state index contributed by atoms with van der Waals surface area (Å²) in [6.45, 7) is 10.5. The number of anilines is 1. The molecule has 0 saturated heterocycles. The molecule has 0 unspecified atom stereocenters. The van der Waals surface area contributed by atoms with Crippen LogP contribution >= 0.6 is 0 Å². The summed E-state index contributed by atoms with van der Waals surface area (Å²) in [7, 11) is 0. The van der Waals surface area contributed by atoms with Crippen LogP contribution in [0.15, 0.2) is 12.3 Å². The molecule has 13 heavy (non-hydrogen) atoms. The molecule has 2 nitrogen and oxygen atoms in total. The first-order chi connectivity index (χ1) is 5.88. The van der Waals surface area contributed by atoms with E-state index in [9.17, 15) is 0 Å². The molecule has 0 spiro atoms. The molecule has 0 aromatic carbocycles. The number of hydrogen-bond acceptors (Lipinski definition) is 2. The number of pyridine rings is 1. The third kappa shape index (κ3) is 3.05. The normalized spacial score (nSPS) is 11.5. The van der Waals surface area contributed by atoms with Crippen molar-refractivity contribution in [2.24, 2.45) is 0 Å². The molecule has 1 N–H and O–H groups in total. The molecule has 0 fully saturated rings. The third-order valence-electron chi connectivity index (χ3n) is 1.76. The summed E-state index contributed by atoms with van der Waals surface area (Å²) >= 11 is 0. The quantitative estimate of drug-likeness (QED) is 0.715. The average molecular weight is 178 g/mol. The Kier molecular flexibility index (Phi) is 2.60. The number of aryl methyl sites for hydroxylation is 2. The smallest absolute Gasteiger partial charge is 0.0560 e. The Hall–Kier alpha value is -1.05. The molecule has 72 valence electrons. The van der Waals surface area contributed by atoms with Crippen molar-refractivity contribution >= 4 is 5.69 Å². The summed E-state index contributed by atoms with van der Waals surface area (Å²) in [6, 6.07) is 2.09. The largest absolute Gasteiger partial charge is 0.379 e. The van der Waals surface area contributed by atoms with Crippen LogP contribution in [0, 0.1) is 13.8 Å². The highest BCUT2D eigenvalue weighted by Gasteiger charge is 2.10. The molecule has 0 aliphatic heterocycles. The molecule has 0 radical (unpaired) electrons. The molecule has 0 aliphatic carbocycles. The van der Waals surface area contributed by atoms with E-state index in [-0.39, 0.29) is 5.54 Å². The Morgan fingerprint density at radius 3 is 2.31 bits per heavy atom. The minimum absolute atomic E-state index is 0.0989. The van der Waals surface area contributed by atoms with Crippen molar-refractivity contribution in [2.45, 2.75) is 40.2 Å². The van der Waals surface area contributed by atoms with E-state index in [1.54, 1.807) is 0 Å². The third-order valence-corrected chi connectivity index (χ3v) is 1.76. The number of hydrogen-bond donors (Lipinski definition) is 1. The van der Waals surface area contributed by atoms with E-state index in [2.05, 4.69) is 44.1 Å². The van der Waals surface area contributed by atoms with Gasteiger partial charge in [-0.3, -0.25) is 4.98 Å². The minimum atomic E-state index is 0.0989. The second-order valence-electron chi connectivity index (χ2n) is 4.52. The van der Waals surface area contributed by atoms with Gasteiger partial charge >= 0.3 is 0 Å². The second kappa shape index (κ2) is 3.36. The molecule has 1 aromatic rings. The first-order valence-electron chi connectivity index (χ1n) is 4.60. The fourth-order valence-corrected chi connectivity index (χ4v) is 1.23. The van der Waals surface area contributed by atoms with Gasteiger partial charge in [0.25, 0.3) is 0 Å². The summed E-state index contributed by atoms with van der Waals surface area (Å²) in [4.78, 5) is 4.26. The monoisotopic (exact) mass is 178 g/mol. The fourth-order valence-electron chi connectivity index (χ4n) is 1.23. The lowest BCUT2D eigenvalue weighted by atomic mass is 10.1. The van der Waals surface area contributed by atoms with Gasteiger partial charge in [0.2, 0.25) is 0 Å². The molecule has 0 bridgehead atoms. The van der Waals surface area contributed by atoms with Gasteiger partial charge in [0.05, 0.1) is 11.9 Å². The SMILES string of the molecule is Cc1cc(C)c(NC(C)(C)C)cn1. The summed E-state index contributed by atoms with van der Waals surface area (Å²) < 4.78 is 0. The number of aromatic nitrogens is 1. The van der Waals surface area contributed by atoms with Crippen molar-refractivity contribution in [1.82, 2.24) is 4.98 Å². The predicted octanol–water partition coefficient (Wildman–Crippen LogP) is 2.91. The van der Waals surface area contributed by atoms with Gasteiger partial charge in [0, 0.05) is 11.2 Å². The maximum absolute atomic E-state index is 4.26. The molecular formula is C11H18N2. The van der Waals surface area contributed by atoms with Gasteiger partial charge < -0.3 is 5.32 Å². The summed E-state index contributed by atoms with van der Waals surface area (Å²) in [5, 5.41) is 3.41. The zero-order valence-corrected chi connectivity index (χ0v) is 9.10. The standard InChI is InChI=1S/C11H18N2/c1-8-6-9(2)12-7-10(8)13-11(3,4)5/h6-7,13H,1-5H3. The highest BCUT2D eigenvalue weighted by molar-refractivity contribution is 5.50. The molecule has 1 rings (SSSR count). The van der Waals surface area contributed by atoms with Crippen LogP contribution in [-0.4, -0.2) is 10.5 Å². The Morgan fingerprint density at radius 2 is 1.85 bits per heavy atom. The van der Waals surface area contributed by atoms with Crippen molar-refractivity contribution in [3.8, 4) is 0 Å². The first kappa shape index (κ1) is 10.0. The van der Waals surface area contributed by atoms with Crippen LogP contribution in [0.1, 0.15) is 32.0 Å². The Morgan fingerprint density at radius 1 is 1.23 bits per heavy atom. The van der Waals surface area contributed by atoms with Crippen LogP contribution in [0.25, 0.3) is 0 Å². The van der Waals surface area contributed by atoms with Gasteiger partial charge in [-0.2, -0.15) is 0 Å². The first-order valence-corrected chi connectivity index (χ1v) is 4.60. The second-order valence-corrected chi connectivity index (χ2v) is 4.52. The lowest BCUT2D eigenvalue weighted by molar-refractivity contribution is 0.632. The molecule has 1 heterocycles. The highest BCUT2D eigenvalue weighted by Crippen LogP contribution is 2.18. The van der Waals surface area contributed by atoms with E-state index in [1.165, 1.54) is 5.56 Å². The van der Waals surface area contributed by atoms with Crippen molar-refractivity contribution in [3.05, 3.63) is 23.5 Å². The van der Waals surface area contributed by atoms with E-state index in [4.69, 9.17) is 0 Å². The molecular weight excluding hydrogens is 160 g/mol. The lowest BCUT2D eigenvalue weighted by Gasteiger charge is -2.23.